The lowest BCUT2D eigenvalue weighted by Crippen LogP contribution is -2.45. The van der Waals surface area contributed by atoms with Crippen molar-refractivity contribution >= 4 is 17.8 Å². The fraction of sp³-hybridized carbons (Fsp3) is 0.550. The first-order chi connectivity index (χ1) is 12.5. The van der Waals surface area contributed by atoms with Crippen molar-refractivity contribution in [1.82, 2.24) is 10.6 Å². The molecule has 1 unspecified atom stereocenters. The van der Waals surface area contributed by atoms with Gasteiger partial charge in [-0.2, -0.15) is 0 Å². The van der Waals surface area contributed by atoms with Gasteiger partial charge in [-0.25, -0.2) is 4.79 Å². The number of rotatable bonds is 8. The molecule has 26 heavy (non-hydrogen) atoms. The number of aliphatic carboxylic acids is 1. The Kier molecular flexibility index (Phi) is 7.63. The third-order valence-corrected chi connectivity index (χ3v) is 4.77. The molecule has 1 aliphatic carbocycles. The number of hydrogen-bond acceptors (Lipinski definition) is 3. The van der Waals surface area contributed by atoms with Gasteiger partial charge in [0.2, 0.25) is 11.8 Å². The first kappa shape index (κ1) is 19.9. The molecule has 0 radical (unpaired) electrons. The molecule has 1 aromatic rings. The van der Waals surface area contributed by atoms with Gasteiger partial charge >= 0.3 is 5.97 Å². The molecule has 6 nitrogen and oxygen atoms in total. The summed E-state index contributed by atoms with van der Waals surface area (Å²) in [6.07, 6.45) is 5.44. The maximum atomic E-state index is 12.2. The molecular formula is C20H28N2O4. The minimum Gasteiger partial charge on any atom is -0.480 e. The fourth-order valence-electron chi connectivity index (χ4n) is 3.36. The number of amides is 2. The quantitative estimate of drug-likeness (QED) is 0.663. The molecule has 0 bridgehead atoms. The largest absolute Gasteiger partial charge is 0.480 e. The molecule has 0 aromatic heterocycles. The van der Waals surface area contributed by atoms with Crippen LogP contribution in [0.4, 0.5) is 0 Å². The molecule has 1 saturated carbocycles. The molecule has 1 aliphatic rings. The van der Waals surface area contributed by atoms with Crippen molar-refractivity contribution in [2.75, 3.05) is 0 Å². The zero-order chi connectivity index (χ0) is 18.9. The van der Waals surface area contributed by atoms with Gasteiger partial charge in [0.05, 0.1) is 0 Å². The van der Waals surface area contributed by atoms with Gasteiger partial charge in [0.1, 0.15) is 6.04 Å². The molecular weight excluding hydrogens is 332 g/mol. The fourth-order valence-corrected chi connectivity index (χ4v) is 3.36. The van der Waals surface area contributed by atoms with Crippen LogP contribution in [0.3, 0.4) is 0 Å². The van der Waals surface area contributed by atoms with Crippen molar-refractivity contribution in [3.8, 4) is 0 Å². The number of carboxylic acid groups (broad SMARTS) is 1. The van der Waals surface area contributed by atoms with Gasteiger partial charge < -0.3 is 15.7 Å². The second kappa shape index (κ2) is 9.94. The predicted octanol–water partition coefficient (Wildman–Crippen LogP) is 2.27. The van der Waals surface area contributed by atoms with Crippen LogP contribution in [0.15, 0.2) is 30.3 Å². The van der Waals surface area contributed by atoms with Gasteiger partial charge in [0.25, 0.3) is 0 Å². The Morgan fingerprint density at radius 3 is 2.35 bits per heavy atom. The Hall–Kier alpha value is -2.37. The number of nitrogens with one attached hydrogen (secondary N) is 2. The topological polar surface area (TPSA) is 95.5 Å². The summed E-state index contributed by atoms with van der Waals surface area (Å²) in [4.78, 5) is 35.8. The Morgan fingerprint density at radius 2 is 1.73 bits per heavy atom. The summed E-state index contributed by atoms with van der Waals surface area (Å²) in [6, 6.07) is 7.87. The van der Waals surface area contributed by atoms with Gasteiger partial charge in [-0.1, -0.05) is 49.6 Å². The lowest BCUT2D eigenvalue weighted by molar-refractivity contribution is -0.142. The van der Waals surface area contributed by atoms with Crippen molar-refractivity contribution < 1.29 is 19.5 Å². The lowest BCUT2D eigenvalue weighted by Gasteiger charge is -2.23. The standard InChI is InChI=1S/C20H28N2O4/c1-14(21-19(24)16-10-6-3-7-11-16)12-18(23)22-17(20(25)26)13-15-8-4-2-5-9-15/h2,4-5,8-9,14,16-17H,3,6-7,10-13H2,1H3,(H,21,24)(H,22,23)(H,25,26)/t14?,17-/m1/s1. The molecule has 2 rings (SSSR count). The van der Waals surface area contributed by atoms with E-state index in [0.29, 0.717) is 0 Å². The van der Waals surface area contributed by atoms with E-state index in [2.05, 4.69) is 10.6 Å². The minimum atomic E-state index is -1.07. The second-order valence-electron chi connectivity index (χ2n) is 7.10. The molecule has 3 N–H and O–H groups in total. The molecule has 0 aliphatic heterocycles. The second-order valence-corrected chi connectivity index (χ2v) is 7.10. The van der Waals surface area contributed by atoms with E-state index in [9.17, 15) is 19.5 Å². The highest BCUT2D eigenvalue weighted by molar-refractivity contribution is 5.85. The van der Waals surface area contributed by atoms with Gasteiger partial charge in [-0.05, 0) is 25.3 Å². The Labute approximate surface area is 154 Å². The third-order valence-electron chi connectivity index (χ3n) is 4.77. The van der Waals surface area contributed by atoms with E-state index < -0.39 is 12.0 Å². The van der Waals surface area contributed by atoms with E-state index in [1.54, 1.807) is 6.92 Å². The van der Waals surface area contributed by atoms with Crippen LogP contribution in [-0.2, 0) is 20.8 Å². The van der Waals surface area contributed by atoms with Crippen molar-refractivity contribution in [2.24, 2.45) is 5.92 Å². The molecule has 0 spiro atoms. The lowest BCUT2D eigenvalue weighted by atomic mass is 9.88. The summed E-state index contributed by atoms with van der Waals surface area (Å²) >= 11 is 0. The average molecular weight is 360 g/mol. The maximum absolute atomic E-state index is 12.2. The van der Waals surface area contributed by atoms with E-state index in [0.717, 1.165) is 31.2 Å². The first-order valence-corrected chi connectivity index (χ1v) is 9.32. The molecule has 2 amide bonds. The Balaban J connectivity index is 1.81. The van der Waals surface area contributed by atoms with Crippen molar-refractivity contribution in [3.05, 3.63) is 35.9 Å². The zero-order valence-electron chi connectivity index (χ0n) is 15.2. The third kappa shape index (κ3) is 6.50. The van der Waals surface area contributed by atoms with Crippen LogP contribution in [0, 0.1) is 5.92 Å². The van der Waals surface area contributed by atoms with Gasteiger partial charge in [0.15, 0.2) is 0 Å². The number of carbonyl (C=O) groups excluding carboxylic acids is 2. The maximum Gasteiger partial charge on any atom is 0.326 e. The number of carbonyl (C=O) groups is 3. The monoisotopic (exact) mass is 360 g/mol. The summed E-state index contributed by atoms with van der Waals surface area (Å²) in [5.41, 5.74) is 0.846. The summed E-state index contributed by atoms with van der Waals surface area (Å²) in [6.45, 7) is 1.77. The highest BCUT2D eigenvalue weighted by atomic mass is 16.4. The summed E-state index contributed by atoms with van der Waals surface area (Å²) in [5.74, 6) is -1.39. The van der Waals surface area contributed by atoms with Gasteiger partial charge in [-0.15, -0.1) is 0 Å². The van der Waals surface area contributed by atoms with Gasteiger partial charge in [-0.3, -0.25) is 9.59 Å². The smallest absolute Gasteiger partial charge is 0.326 e. The summed E-state index contributed by atoms with van der Waals surface area (Å²) in [7, 11) is 0. The normalized spacial score (nSPS) is 17.1. The molecule has 2 atom stereocenters. The number of hydrogen-bond donors (Lipinski definition) is 3. The van der Waals surface area contributed by atoms with E-state index in [1.807, 2.05) is 30.3 Å². The average Bonchev–Trinajstić information content (AvgIpc) is 2.62. The van der Waals surface area contributed by atoms with E-state index in [-0.39, 0.29) is 36.6 Å². The van der Waals surface area contributed by atoms with Crippen molar-refractivity contribution in [3.63, 3.8) is 0 Å². The van der Waals surface area contributed by atoms with E-state index in [1.165, 1.54) is 6.42 Å². The highest BCUT2D eigenvalue weighted by Gasteiger charge is 2.24. The number of carboxylic acids is 1. The Morgan fingerprint density at radius 1 is 1.08 bits per heavy atom. The van der Waals surface area contributed by atoms with Crippen LogP contribution < -0.4 is 10.6 Å². The SMILES string of the molecule is CC(CC(=O)N[C@H](Cc1ccccc1)C(=O)O)NC(=O)C1CCCCC1. The molecule has 0 saturated heterocycles. The summed E-state index contributed by atoms with van der Waals surface area (Å²) in [5, 5.41) is 14.8. The zero-order valence-corrected chi connectivity index (χ0v) is 15.2. The van der Waals surface area contributed by atoms with Crippen LogP contribution in [0.5, 0.6) is 0 Å². The minimum absolute atomic E-state index is 0.00377. The van der Waals surface area contributed by atoms with Crippen LogP contribution in [0.2, 0.25) is 0 Å². The first-order valence-electron chi connectivity index (χ1n) is 9.32. The van der Waals surface area contributed by atoms with Crippen LogP contribution in [0.1, 0.15) is 51.0 Å². The molecule has 0 heterocycles. The van der Waals surface area contributed by atoms with Gasteiger partial charge in [0, 0.05) is 24.8 Å². The van der Waals surface area contributed by atoms with Crippen LogP contribution in [-0.4, -0.2) is 35.0 Å². The molecule has 6 heteroatoms. The Bertz CT molecular complexity index is 611. The highest BCUT2D eigenvalue weighted by Crippen LogP contribution is 2.23. The van der Waals surface area contributed by atoms with Crippen molar-refractivity contribution in [1.29, 1.82) is 0 Å². The number of benzene rings is 1. The molecule has 142 valence electrons. The van der Waals surface area contributed by atoms with Crippen molar-refractivity contribution in [2.45, 2.75) is 64.0 Å². The van der Waals surface area contributed by atoms with Crippen LogP contribution in [0.25, 0.3) is 0 Å². The molecule has 1 aromatic carbocycles. The van der Waals surface area contributed by atoms with E-state index >= 15 is 0 Å². The van der Waals surface area contributed by atoms with Crippen LogP contribution >= 0.6 is 0 Å². The summed E-state index contributed by atoms with van der Waals surface area (Å²) < 4.78 is 0. The predicted molar refractivity (Wildman–Crippen MR) is 98.5 cm³/mol. The van der Waals surface area contributed by atoms with E-state index in [4.69, 9.17) is 0 Å². The molecule has 1 fully saturated rings.